The minimum Gasteiger partial charge on any atom is -0.475 e. The number of aryl methyl sites for hydroxylation is 1. The van der Waals surface area contributed by atoms with Gasteiger partial charge in [-0.25, -0.2) is 9.78 Å². The molecule has 0 aliphatic heterocycles. The van der Waals surface area contributed by atoms with Crippen LogP contribution in [0.4, 0.5) is 30.6 Å². The van der Waals surface area contributed by atoms with Gasteiger partial charge in [0.15, 0.2) is 0 Å². The number of anilines is 3. The summed E-state index contributed by atoms with van der Waals surface area (Å²) in [5.41, 5.74) is 2.88. The number of nitrogens with zero attached hydrogens (tertiary/aromatic N) is 2. The molecule has 0 radical (unpaired) electrons. The number of carbonyl (C=O) groups excluding carboxylic acids is 1. The number of hydrogen-bond acceptors (Lipinski definition) is 6. The molecule has 1 amide bonds. The first-order valence-electron chi connectivity index (χ1n) is 12.0. The molecule has 1 heterocycles. The van der Waals surface area contributed by atoms with E-state index in [0.29, 0.717) is 24.1 Å². The van der Waals surface area contributed by atoms with Crippen LogP contribution in [0.5, 0.6) is 0 Å². The quantitative estimate of drug-likeness (QED) is 0.272. The molecule has 0 aliphatic carbocycles. The fourth-order valence-corrected chi connectivity index (χ4v) is 3.32. The zero-order valence-electron chi connectivity index (χ0n) is 21.4. The second-order valence-electron chi connectivity index (χ2n) is 8.87. The highest BCUT2D eigenvalue weighted by atomic mass is 19.4. The number of aromatic nitrogens is 2. The summed E-state index contributed by atoms with van der Waals surface area (Å²) in [5, 5.41) is 16.7. The number of benzene rings is 2. The Morgan fingerprint density at radius 1 is 0.974 bits per heavy atom. The first kappa shape index (κ1) is 30.1. The molecule has 1 atom stereocenters. The van der Waals surface area contributed by atoms with Crippen LogP contribution in [0.15, 0.2) is 66.7 Å². The van der Waals surface area contributed by atoms with Crippen molar-refractivity contribution in [2.45, 2.75) is 45.8 Å². The van der Waals surface area contributed by atoms with Crippen LogP contribution in [-0.4, -0.2) is 45.7 Å². The number of carbonyl (C=O) groups is 2. The lowest BCUT2D eigenvalue weighted by Crippen LogP contribution is -2.36. The number of alkyl halides is 3. The van der Waals surface area contributed by atoms with Gasteiger partial charge in [0.1, 0.15) is 11.9 Å². The lowest BCUT2D eigenvalue weighted by molar-refractivity contribution is -0.192. The van der Waals surface area contributed by atoms with Crippen molar-refractivity contribution in [2.75, 3.05) is 22.5 Å². The predicted molar refractivity (Wildman–Crippen MR) is 141 cm³/mol. The van der Waals surface area contributed by atoms with Crippen LogP contribution in [0.3, 0.4) is 0 Å². The maximum atomic E-state index is 12.9. The van der Waals surface area contributed by atoms with Crippen molar-refractivity contribution in [3.63, 3.8) is 0 Å². The third kappa shape index (κ3) is 11.3. The summed E-state index contributed by atoms with van der Waals surface area (Å²) >= 11 is 0. The number of rotatable bonds is 10. The van der Waals surface area contributed by atoms with Gasteiger partial charge in [-0.1, -0.05) is 62.4 Å². The van der Waals surface area contributed by atoms with E-state index in [9.17, 15) is 18.0 Å². The van der Waals surface area contributed by atoms with E-state index in [-0.39, 0.29) is 5.91 Å². The number of aliphatic carboxylic acids is 1. The molecule has 4 N–H and O–H groups in total. The Hall–Kier alpha value is -4.15. The maximum absolute atomic E-state index is 12.9. The smallest absolute Gasteiger partial charge is 0.475 e. The van der Waals surface area contributed by atoms with Crippen molar-refractivity contribution in [3.05, 3.63) is 78.0 Å². The summed E-state index contributed by atoms with van der Waals surface area (Å²) < 4.78 is 31.7. The summed E-state index contributed by atoms with van der Waals surface area (Å²) in [7, 11) is 0. The fraction of sp³-hybridized carbons (Fsp3) is 0.333. The highest BCUT2D eigenvalue weighted by Gasteiger charge is 2.38. The summed E-state index contributed by atoms with van der Waals surface area (Å²) in [6, 6.07) is 21.3. The van der Waals surface area contributed by atoms with Gasteiger partial charge in [-0.05, 0) is 43.4 Å². The predicted octanol–water partition coefficient (Wildman–Crippen LogP) is 5.54. The van der Waals surface area contributed by atoms with Crippen molar-refractivity contribution >= 4 is 29.3 Å². The second kappa shape index (κ2) is 14.6. The van der Waals surface area contributed by atoms with Gasteiger partial charge < -0.3 is 21.1 Å². The van der Waals surface area contributed by atoms with Crippen LogP contribution in [0.1, 0.15) is 31.5 Å². The third-order valence-electron chi connectivity index (χ3n) is 5.02. The Labute approximate surface area is 219 Å². The van der Waals surface area contributed by atoms with E-state index >= 15 is 0 Å². The lowest BCUT2D eigenvalue weighted by Gasteiger charge is -2.21. The van der Waals surface area contributed by atoms with Gasteiger partial charge in [0.05, 0.1) is 0 Å². The minimum absolute atomic E-state index is 0.0743. The van der Waals surface area contributed by atoms with Crippen molar-refractivity contribution in [3.8, 4) is 0 Å². The number of nitrogens with one attached hydrogen (secondary N) is 3. The van der Waals surface area contributed by atoms with Crippen molar-refractivity contribution in [1.29, 1.82) is 0 Å². The van der Waals surface area contributed by atoms with Gasteiger partial charge in [-0.3, -0.25) is 4.79 Å². The Balaban J connectivity index is 0.000000638. The average molecular weight is 532 g/mol. The summed E-state index contributed by atoms with van der Waals surface area (Å²) in [4.78, 5) is 30.9. The molecule has 0 fully saturated rings. The van der Waals surface area contributed by atoms with Crippen LogP contribution in [0.2, 0.25) is 0 Å². The number of carboxylic acid groups (broad SMARTS) is 1. The molecular weight excluding hydrogens is 499 g/mol. The molecule has 0 bridgehead atoms. The summed E-state index contributed by atoms with van der Waals surface area (Å²) in [5.74, 6) is -1.28. The van der Waals surface area contributed by atoms with Crippen molar-refractivity contribution < 1.29 is 27.9 Å². The molecule has 0 spiro atoms. The maximum Gasteiger partial charge on any atom is 0.490 e. The molecular formula is C27H32F3N5O3. The van der Waals surface area contributed by atoms with E-state index in [2.05, 4.69) is 51.9 Å². The molecule has 38 heavy (non-hydrogen) atoms. The topological polar surface area (TPSA) is 116 Å². The molecule has 11 heteroatoms. The van der Waals surface area contributed by atoms with Crippen LogP contribution in [-0.2, 0) is 16.0 Å². The van der Waals surface area contributed by atoms with Gasteiger partial charge in [-0.15, -0.1) is 0 Å². The molecule has 0 aliphatic rings. The first-order chi connectivity index (χ1) is 17.9. The molecule has 204 valence electrons. The number of amides is 1. The fourth-order valence-electron chi connectivity index (χ4n) is 3.32. The normalized spacial score (nSPS) is 11.7. The largest absolute Gasteiger partial charge is 0.490 e. The molecule has 2 aromatic carbocycles. The molecule has 3 rings (SSSR count). The summed E-state index contributed by atoms with van der Waals surface area (Å²) in [6.45, 7) is 6.87. The third-order valence-corrected chi connectivity index (χ3v) is 5.02. The van der Waals surface area contributed by atoms with E-state index < -0.39 is 18.2 Å². The van der Waals surface area contributed by atoms with Gasteiger partial charge >= 0.3 is 12.1 Å². The van der Waals surface area contributed by atoms with Gasteiger partial charge in [-0.2, -0.15) is 18.2 Å². The second-order valence-corrected chi connectivity index (χ2v) is 8.87. The van der Waals surface area contributed by atoms with E-state index in [1.807, 2.05) is 61.5 Å². The number of carboxylic acids is 1. The molecule has 3 aromatic rings. The highest BCUT2D eigenvalue weighted by Crippen LogP contribution is 2.17. The van der Waals surface area contributed by atoms with E-state index in [0.717, 1.165) is 24.3 Å². The van der Waals surface area contributed by atoms with E-state index in [4.69, 9.17) is 9.90 Å². The van der Waals surface area contributed by atoms with E-state index in [1.165, 1.54) is 5.56 Å². The summed E-state index contributed by atoms with van der Waals surface area (Å²) in [6.07, 6.45) is -3.51. The Kier molecular flexibility index (Phi) is 11.5. The van der Waals surface area contributed by atoms with Gasteiger partial charge in [0, 0.05) is 24.0 Å². The Morgan fingerprint density at radius 2 is 1.55 bits per heavy atom. The minimum atomic E-state index is -5.08. The van der Waals surface area contributed by atoms with Crippen LogP contribution in [0.25, 0.3) is 0 Å². The Bertz CT molecular complexity index is 1160. The van der Waals surface area contributed by atoms with Crippen molar-refractivity contribution in [1.82, 2.24) is 9.97 Å². The first-order valence-corrected chi connectivity index (χ1v) is 12.0. The lowest BCUT2D eigenvalue weighted by atomic mass is 10.0. The Morgan fingerprint density at radius 3 is 2.11 bits per heavy atom. The van der Waals surface area contributed by atoms with Gasteiger partial charge in [0.2, 0.25) is 11.9 Å². The monoisotopic (exact) mass is 531 g/mol. The van der Waals surface area contributed by atoms with Crippen molar-refractivity contribution in [2.24, 2.45) is 5.92 Å². The standard InChI is InChI=1S/C25H31N5O.C2HF3O2/c1-18(2)16-22(24(31)28-21-12-8-5-9-13-21)29-23-17-19(3)27-25(30-23)26-15-14-20-10-6-4-7-11-20;3-2(4,5)1(6)7/h4-13,17-18,22H,14-16H2,1-3H3,(H,28,31)(H2,26,27,29,30);(H,6,7)/t22-;/m0./s1. The molecule has 1 aromatic heterocycles. The van der Waals surface area contributed by atoms with Crippen LogP contribution < -0.4 is 16.0 Å². The number of para-hydroxylation sites is 1. The van der Waals surface area contributed by atoms with Crippen LogP contribution in [0, 0.1) is 12.8 Å². The SMILES string of the molecule is Cc1cc(N[C@@H](CC(C)C)C(=O)Nc2ccccc2)nc(NCCc2ccccc2)n1.O=C(O)C(F)(F)F. The highest BCUT2D eigenvalue weighted by molar-refractivity contribution is 5.96. The average Bonchev–Trinajstić information content (AvgIpc) is 2.84. The number of hydrogen-bond donors (Lipinski definition) is 4. The molecule has 8 nitrogen and oxygen atoms in total. The van der Waals surface area contributed by atoms with Gasteiger partial charge in [0.25, 0.3) is 0 Å². The van der Waals surface area contributed by atoms with E-state index in [1.54, 1.807) is 0 Å². The zero-order chi connectivity index (χ0) is 28.1. The number of halogens is 3. The molecule has 0 saturated carbocycles. The zero-order valence-corrected chi connectivity index (χ0v) is 21.4. The van der Waals surface area contributed by atoms with Crippen LogP contribution >= 0.6 is 0 Å². The molecule has 0 saturated heterocycles. The molecule has 0 unspecified atom stereocenters.